The van der Waals surface area contributed by atoms with E-state index in [1.165, 1.54) is 11.6 Å². The van der Waals surface area contributed by atoms with Crippen molar-refractivity contribution >= 4 is 27.5 Å². The van der Waals surface area contributed by atoms with Crippen LogP contribution < -0.4 is 0 Å². The summed E-state index contributed by atoms with van der Waals surface area (Å²) in [5, 5.41) is 1.68. The Morgan fingerprint density at radius 1 is 1.15 bits per heavy atom. The molecule has 2 aromatic rings. The Morgan fingerprint density at radius 2 is 1.95 bits per heavy atom. The van der Waals surface area contributed by atoms with Gasteiger partial charge in [0.25, 0.3) is 0 Å². The maximum absolute atomic E-state index is 13.2. The topological polar surface area (TPSA) is 0 Å². The van der Waals surface area contributed by atoms with Crippen molar-refractivity contribution in [1.29, 1.82) is 0 Å². The van der Waals surface area contributed by atoms with Crippen LogP contribution in [0.1, 0.15) is 16.7 Å². The summed E-state index contributed by atoms with van der Waals surface area (Å²) >= 11 is 9.84. The van der Waals surface area contributed by atoms with Gasteiger partial charge in [0.15, 0.2) is 0 Å². The van der Waals surface area contributed by atoms with Crippen molar-refractivity contribution in [3.05, 3.63) is 70.0 Å². The number of hydrogen-bond acceptors (Lipinski definition) is 0. The van der Waals surface area contributed by atoms with Gasteiger partial charge in [0, 0.05) is 10.4 Å². The molecule has 1 unspecified atom stereocenters. The van der Waals surface area contributed by atoms with Gasteiger partial charge < -0.3 is 0 Å². The second kappa shape index (κ2) is 7.24. The van der Waals surface area contributed by atoms with Gasteiger partial charge in [-0.15, -0.1) is 0 Å². The molecule has 20 heavy (non-hydrogen) atoms. The number of rotatable bonds is 5. The van der Waals surface area contributed by atoms with Crippen molar-refractivity contribution < 1.29 is 4.39 Å². The molecule has 106 valence electrons. The monoisotopic (exact) mass is 354 g/mol. The number of aryl methyl sites for hydroxylation is 1. The van der Waals surface area contributed by atoms with E-state index in [1.807, 2.05) is 19.1 Å². The fourth-order valence-electron chi connectivity index (χ4n) is 2.31. The summed E-state index contributed by atoms with van der Waals surface area (Å²) in [6, 6.07) is 13.0. The predicted molar refractivity (Wildman–Crippen MR) is 87.3 cm³/mol. The van der Waals surface area contributed by atoms with Crippen LogP contribution in [0.2, 0.25) is 5.02 Å². The third-order valence-electron chi connectivity index (χ3n) is 3.35. The van der Waals surface area contributed by atoms with E-state index in [0.717, 1.165) is 34.3 Å². The molecule has 2 rings (SSSR count). The third kappa shape index (κ3) is 4.32. The standard InChI is InChI=1S/C17H17BrClF/c1-12-5-6-15(17(19)7-12)9-14(11-18)8-13-3-2-4-16(20)10-13/h2-7,10,14H,8-9,11H2,1H3. The van der Waals surface area contributed by atoms with Gasteiger partial charge in [0.1, 0.15) is 5.82 Å². The molecule has 3 heteroatoms. The van der Waals surface area contributed by atoms with Gasteiger partial charge in [-0.25, -0.2) is 4.39 Å². The minimum Gasteiger partial charge on any atom is -0.207 e. The van der Waals surface area contributed by atoms with E-state index in [9.17, 15) is 4.39 Å². The van der Waals surface area contributed by atoms with Crippen molar-refractivity contribution in [2.75, 3.05) is 5.33 Å². The zero-order chi connectivity index (χ0) is 14.5. The molecule has 0 aromatic heterocycles. The summed E-state index contributed by atoms with van der Waals surface area (Å²) in [5.41, 5.74) is 3.34. The van der Waals surface area contributed by atoms with E-state index >= 15 is 0 Å². The highest BCUT2D eigenvalue weighted by atomic mass is 79.9. The molecule has 0 aliphatic rings. The van der Waals surface area contributed by atoms with Crippen LogP contribution in [0.15, 0.2) is 42.5 Å². The van der Waals surface area contributed by atoms with Gasteiger partial charge in [-0.2, -0.15) is 0 Å². The normalized spacial score (nSPS) is 12.4. The first-order valence-corrected chi connectivity index (χ1v) is 8.14. The highest BCUT2D eigenvalue weighted by Gasteiger charge is 2.12. The maximum Gasteiger partial charge on any atom is 0.123 e. The van der Waals surface area contributed by atoms with Crippen molar-refractivity contribution in [3.8, 4) is 0 Å². The fraction of sp³-hybridized carbons (Fsp3) is 0.294. The summed E-state index contributed by atoms with van der Waals surface area (Å²) < 4.78 is 13.2. The Labute approximate surface area is 133 Å². The molecule has 0 saturated carbocycles. The molecule has 0 nitrogen and oxygen atoms in total. The van der Waals surface area contributed by atoms with Crippen LogP contribution in [0, 0.1) is 18.7 Å². The smallest absolute Gasteiger partial charge is 0.123 e. The Morgan fingerprint density at radius 3 is 2.60 bits per heavy atom. The van der Waals surface area contributed by atoms with Crippen molar-refractivity contribution in [1.82, 2.24) is 0 Å². The minimum atomic E-state index is -0.177. The lowest BCUT2D eigenvalue weighted by molar-refractivity contribution is 0.582. The van der Waals surface area contributed by atoms with E-state index in [2.05, 4.69) is 28.1 Å². The van der Waals surface area contributed by atoms with Crippen LogP contribution in [-0.4, -0.2) is 5.33 Å². The fourth-order valence-corrected chi connectivity index (χ4v) is 3.08. The first-order chi connectivity index (χ1) is 9.58. The van der Waals surface area contributed by atoms with Gasteiger partial charge in [0.2, 0.25) is 0 Å². The maximum atomic E-state index is 13.2. The average Bonchev–Trinajstić information content (AvgIpc) is 2.41. The summed E-state index contributed by atoms with van der Waals surface area (Å²) in [6.07, 6.45) is 1.73. The summed E-state index contributed by atoms with van der Waals surface area (Å²) in [7, 11) is 0. The molecule has 0 amide bonds. The average molecular weight is 356 g/mol. The van der Waals surface area contributed by atoms with E-state index in [0.29, 0.717) is 5.92 Å². The molecule has 0 aliphatic carbocycles. The number of benzene rings is 2. The summed E-state index contributed by atoms with van der Waals surface area (Å²) in [6.45, 7) is 2.03. The lowest BCUT2D eigenvalue weighted by Crippen LogP contribution is -2.10. The van der Waals surface area contributed by atoms with E-state index < -0.39 is 0 Å². The van der Waals surface area contributed by atoms with Crippen molar-refractivity contribution in [2.24, 2.45) is 5.92 Å². The number of hydrogen-bond donors (Lipinski definition) is 0. The van der Waals surface area contributed by atoms with Crippen molar-refractivity contribution in [2.45, 2.75) is 19.8 Å². The van der Waals surface area contributed by atoms with Gasteiger partial charge >= 0.3 is 0 Å². The van der Waals surface area contributed by atoms with E-state index in [1.54, 1.807) is 12.1 Å². The molecule has 2 aromatic carbocycles. The Bertz CT molecular complexity index is 583. The molecular formula is C17H17BrClF. The van der Waals surface area contributed by atoms with Crippen LogP contribution in [0.25, 0.3) is 0 Å². The molecule has 0 N–H and O–H groups in total. The third-order valence-corrected chi connectivity index (χ3v) is 4.62. The summed E-state index contributed by atoms with van der Waals surface area (Å²) in [5.74, 6) is 0.223. The van der Waals surface area contributed by atoms with Crippen LogP contribution >= 0.6 is 27.5 Å². The van der Waals surface area contributed by atoms with Crippen molar-refractivity contribution in [3.63, 3.8) is 0 Å². The molecular weight excluding hydrogens is 339 g/mol. The molecule has 0 radical (unpaired) electrons. The molecule has 1 atom stereocenters. The minimum absolute atomic E-state index is 0.177. The second-order valence-corrected chi connectivity index (χ2v) is 6.21. The van der Waals surface area contributed by atoms with Gasteiger partial charge in [-0.05, 0) is 60.6 Å². The zero-order valence-corrected chi connectivity index (χ0v) is 13.7. The number of halogens is 3. The van der Waals surface area contributed by atoms with Crippen LogP contribution in [-0.2, 0) is 12.8 Å². The molecule has 0 aliphatic heterocycles. The summed E-state index contributed by atoms with van der Waals surface area (Å²) in [4.78, 5) is 0. The second-order valence-electron chi connectivity index (χ2n) is 5.15. The SMILES string of the molecule is Cc1ccc(CC(CBr)Cc2cccc(F)c2)c(Cl)c1. The highest BCUT2D eigenvalue weighted by Crippen LogP contribution is 2.23. The van der Waals surface area contributed by atoms with Gasteiger partial charge in [-0.1, -0.05) is 51.8 Å². The number of alkyl halides is 1. The first-order valence-electron chi connectivity index (χ1n) is 6.64. The molecule has 0 bridgehead atoms. The van der Waals surface area contributed by atoms with Crippen LogP contribution in [0.4, 0.5) is 4.39 Å². The molecule has 0 heterocycles. The lowest BCUT2D eigenvalue weighted by atomic mass is 9.94. The van der Waals surface area contributed by atoms with Crippen LogP contribution in [0.3, 0.4) is 0 Å². The zero-order valence-electron chi connectivity index (χ0n) is 11.4. The van der Waals surface area contributed by atoms with Gasteiger partial charge in [-0.3, -0.25) is 0 Å². The first kappa shape index (κ1) is 15.5. The van der Waals surface area contributed by atoms with Crippen LogP contribution in [0.5, 0.6) is 0 Å². The Balaban J connectivity index is 2.09. The largest absolute Gasteiger partial charge is 0.207 e. The van der Waals surface area contributed by atoms with Gasteiger partial charge in [0.05, 0.1) is 0 Å². The molecule has 0 spiro atoms. The van der Waals surface area contributed by atoms with E-state index in [-0.39, 0.29) is 5.82 Å². The quantitative estimate of drug-likeness (QED) is 0.614. The predicted octanol–water partition coefficient (Wildman–Crippen LogP) is 5.58. The lowest BCUT2D eigenvalue weighted by Gasteiger charge is -2.15. The Kier molecular flexibility index (Phi) is 5.62. The van der Waals surface area contributed by atoms with E-state index in [4.69, 9.17) is 11.6 Å². The molecule has 0 saturated heterocycles. The molecule has 0 fully saturated rings. The Hall–Kier alpha value is -0.860. The highest BCUT2D eigenvalue weighted by molar-refractivity contribution is 9.09.